The monoisotopic (exact) mass is 543 g/mol. The lowest BCUT2D eigenvalue weighted by atomic mass is 9.95. The van der Waals surface area contributed by atoms with Gasteiger partial charge in [0.2, 0.25) is 11.8 Å². The third kappa shape index (κ3) is 9.41. The van der Waals surface area contributed by atoms with E-state index in [0.717, 1.165) is 12.0 Å². The molecule has 39 heavy (non-hydrogen) atoms. The molecule has 0 bridgehead atoms. The third-order valence-electron chi connectivity index (χ3n) is 6.75. The maximum atomic E-state index is 14.3. The lowest BCUT2D eigenvalue weighted by Crippen LogP contribution is -2.56. The Kier molecular flexibility index (Phi) is 11.6. The number of nitrogens with one attached hydrogen (secondary N) is 2. The zero-order valence-corrected chi connectivity index (χ0v) is 24.4. The van der Waals surface area contributed by atoms with E-state index in [0.29, 0.717) is 12.0 Å². The Morgan fingerprint density at radius 2 is 1.87 bits per heavy atom. The fourth-order valence-corrected chi connectivity index (χ4v) is 4.36. The minimum atomic E-state index is -0.971. The van der Waals surface area contributed by atoms with E-state index in [1.54, 1.807) is 44.7 Å². The predicted octanol–water partition coefficient (Wildman–Crippen LogP) is 4.62. The minimum Gasteiger partial charge on any atom is -0.466 e. The number of carbonyl (C=O) groups is 4. The largest absolute Gasteiger partial charge is 0.466 e. The van der Waals surface area contributed by atoms with Crippen molar-refractivity contribution in [3.63, 3.8) is 0 Å². The van der Waals surface area contributed by atoms with Crippen LogP contribution in [0.3, 0.4) is 0 Å². The first-order valence-electron chi connectivity index (χ1n) is 13.8. The van der Waals surface area contributed by atoms with Crippen molar-refractivity contribution in [3.05, 3.63) is 42.0 Å². The summed E-state index contributed by atoms with van der Waals surface area (Å²) in [6.07, 6.45) is 2.37. The van der Waals surface area contributed by atoms with Gasteiger partial charge in [0.25, 0.3) is 0 Å². The van der Waals surface area contributed by atoms with Gasteiger partial charge in [-0.1, -0.05) is 58.0 Å². The van der Waals surface area contributed by atoms with Gasteiger partial charge in [-0.05, 0) is 63.1 Å². The van der Waals surface area contributed by atoms with Crippen molar-refractivity contribution >= 4 is 30.0 Å². The number of hydrogen-bond acceptors (Lipinski definition) is 6. The molecule has 1 saturated carbocycles. The molecule has 1 aromatic carbocycles. The van der Waals surface area contributed by atoms with E-state index in [-0.39, 0.29) is 43.4 Å². The summed E-state index contributed by atoms with van der Waals surface area (Å²) in [5, 5.41) is 5.60. The second kappa shape index (κ2) is 14.1. The molecule has 0 radical (unpaired) electrons. The molecule has 0 aliphatic heterocycles. The molecular weight excluding hydrogens is 498 g/mol. The van der Waals surface area contributed by atoms with Gasteiger partial charge in [0.15, 0.2) is 0 Å². The molecule has 0 spiro atoms. The zero-order valence-electron chi connectivity index (χ0n) is 24.4. The van der Waals surface area contributed by atoms with Gasteiger partial charge < -0.3 is 25.0 Å². The van der Waals surface area contributed by atoms with E-state index in [1.165, 1.54) is 0 Å². The van der Waals surface area contributed by atoms with Crippen LogP contribution in [0.2, 0.25) is 0 Å². The van der Waals surface area contributed by atoms with Crippen LogP contribution in [-0.4, -0.2) is 59.6 Å². The summed E-state index contributed by atoms with van der Waals surface area (Å²) in [6.45, 7) is 17.0. The zero-order chi connectivity index (χ0) is 29.3. The summed E-state index contributed by atoms with van der Waals surface area (Å²) in [7, 11) is 0. The number of benzene rings is 1. The lowest BCUT2D eigenvalue weighted by molar-refractivity contribution is -0.145. The van der Waals surface area contributed by atoms with E-state index in [4.69, 9.17) is 9.47 Å². The second-order valence-electron chi connectivity index (χ2n) is 11.2. The van der Waals surface area contributed by atoms with Gasteiger partial charge >= 0.3 is 12.1 Å². The summed E-state index contributed by atoms with van der Waals surface area (Å²) in [6, 6.07) is 5.26. The smallest absolute Gasteiger partial charge is 0.408 e. The van der Waals surface area contributed by atoms with Crippen LogP contribution in [0.5, 0.6) is 0 Å². The normalized spacial score (nSPS) is 18.6. The van der Waals surface area contributed by atoms with E-state index in [2.05, 4.69) is 17.2 Å². The molecule has 1 aliphatic carbocycles. The molecule has 1 fully saturated rings. The first-order valence-corrected chi connectivity index (χ1v) is 13.8. The van der Waals surface area contributed by atoms with Crippen LogP contribution < -0.4 is 10.6 Å². The number of amides is 3. The van der Waals surface area contributed by atoms with Gasteiger partial charge in [-0.15, -0.1) is 0 Å². The molecule has 1 aromatic rings. The molecule has 9 nitrogen and oxygen atoms in total. The standard InChI is InChI=1S/C30H45N3O6/c1-9-19(4)25(32-29(37)39-30(6,7)8)28(36)33(23-17-20(23)5)26(22-14-12-13-21(10-2)18-22)27(35)31-16-15-24(34)38-11-3/h10,12-14,18-20,23,25-26H,2,9,11,15-17H2,1,3-8H3,(H,31,35)(H,32,37). The van der Waals surface area contributed by atoms with Crippen LogP contribution >= 0.6 is 0 Å². The molecule has 3 amide bonds. The van der Waals surface area contributed by atoms with E-state index in [1.807, 2.05) is 39.0 Å². The summed E-state index contributed by atoms with van der Waals surface area (Å²) in [5.74, 6) is -1.20. The van der Waals surface area contributed by atoms with E-state index < -0.39 is 35.7 Å². The molecule has 5 unspecified atom stereocenters. The Morgan fingerprint density at radius 1 is 1.21 bits per heavy atom. The van der Waals surface area contributed by atoms with Gasteiger partial charge in [0, 0.05) is 12.6 Å². The van der Waals surface area contributed by atoms with Crippen molar-refractivity contribution in [3.8, 4) is 0 Å². The molecule has 2 N–H and O–H groups in total. The Hall–Kier alpha value is -3.36. The van der Waals surface area contributed by atoms with Gasteiger partial charge in [-0.25, -0.2) is 4.79 Å². The van der Waals surface area contributed by atoms with Gasteiger partial charge in [-0.2, -0.15) is 0 Å². The van der Waals surface area contributed by atoms with Gasteiger partial charge in [0.1, 0.15) is 17.7 Å². The van der Waals surface area contributed by atoms with Crippen molar-refractivity contribution in [1.29, 1.82) is 0 Å². The SMILES string of the molecule is C=Cc1cccc(C(C(=O)NCCC(=O)OCC)N(C(=O)C(NC(=O)OC(C)(C)C)C(C)CC)C2CC2C)c1. The first kappa shape index (κ1) is 31.9. The Bertz CT molecular complexity index is 1030. The van der Waals surface area contributed by atoms with Crippen molar-refractivity contribution in [1.82, 2.24) is 15.5 Å². The number of esters is 1. The van der Waals surface area contributed by atoms with Crippen molar-refractivity contribution < 1.29 is 28.7 Å². The molecule has 0 saturated heterocycles. The van der Waals surface area contributed by atoms with Crippen LogP contribution in [0.25, 0.3) is 6.08 Å². The Labute approximate surface area is 232 Å². The van der Waals surface area contributed by atoms with Crippen LogP contribution in [0, 0.1) is 11.8 Å². The summed E-state index contributed by atoms with van der Waals surface area (Å²) in [4.78, 5) is 54.2. The summed E-state index contributed by atoms with van der Waals surface area (Å²) >= 11 is 0. The molecule has 0 aromatic heterocycles. The Morgan fingerprint density at radius 3 is 2.41 bits per heavy atom. The van der Waals surface area contributed by atoms with Crippen molar-refractivity contribution in [2.75, 3.05) is 13.2 Å². The molecule has 0 heterocycles. The van der Waals surface area contributed by atoms with E-state index in [9.17, 15) is 19.2 Å². The van der Waals surface area contributed by atoms with Crippen LogP contribution in [0.4, 0.5) is 4.79 Å². The number of alkyl carbamates (subject to hydrolysis) is 1. The number of rotatable bonds is 13. The average Bonchev–Trinajstić information content (AvgIpc) is 3.59. The minimum absolute atomic E-state index is 0.0163. The first-order chi connectivity index (χ1) is 18.3. The fraction of sp³-hybridized carbons (Fsp3) is 0.600. The molecule has 1 aliphatic rings. The quantitative estimate of drug-likeness (QED) is 0.351. The van der Waals surface area contributed by atoms with Crippen LogP contribution in [-0.2, 0) is 23.9 Å². The second-order valence-corrected chi connectivity index (χ2v) is 11.2. The van der Waals surface area contributed by atoms with Gasteiger partial charge in [-0.3, -0.25) is 14.4 Å². The molecule has 216 valence electrons. The highest BCUT2D eigenvalue weighted by Crippen LogP contribution is 2.41. The summed E-state index contributed by atoms with van der Waals surface area (Å²) < 4.78 is 10.4. The highest BCUT2D eigenvalue weighted by molar-refractivity contribution is 5.93. The fourth-order valence-electron chi connectivity index (χ4n) is 4.36. The van der Waals surface area contributed by atoms with E-state index >= 15 is 0 Å². The number of nitrogens with zero attached hydrogens (tertiary/aromatic N) is 1. The highest BCUT2D eigenvalue weighted by Gasteiger charge is 2.48. The molecule has 2 rings (SSSR count). The number of carbonyl (C=O) groups excluding carboxylic acids is 4. The van der Waals surface area contributed by atoms with Crippen LogP contribution in [0.1, 0.15) is 84.9 Å². The van der Waals surface area contributed by atoms with Crippen molar-refractivity contribution in [2.24, 2.45) is 11.8 Å². The van der Waals surface area contributed by atoms with Crippen LogP contribution in [0.15, 0.2) is 30.8 Å². The molecular formula is C30H45N3O6. The average molecular weight is 544 g/mol. The lowest BCUT2D eigenvalue weighted by Gasteiger charge is -2.36. The number of hydrogen-bond donors (Lipinski definition) is 2. The maximum absolute atomic E-state index is 14.3. The topological polar surface area (TPSA) is 114 Å². The third-order valence-corrected chi connectivity index (χ3v) is 6.75. The predicted molar refractivity (Wildman–Crippen MR) is 151 cm³/mol. The van der Waals surface area contributed by atoms with Crippen molar-refractivity contribution in [2.45, 2.75) is 91.5 Å². The molecule has 9 heteroatoms. The highest BCUT2D eigenvalue weighted by atomic mass is 16.6. The molecule has 5 atom stereocenters. The van der Waals surface area contributed by atoms with Gasteiger partial charge in [0.05, 0.1) is 13.0 Å². The summed E-state index contributed by atoms with van der Waals surface area (Å²) in [5.41, 5.74) is 0.691. The number of ether oxygens (including phenoxy) is 2. The maximum Gasteiger partial charge on any atom is 0.408 e. The Balaban J connectivity index is 2.48.